The molecule has 2 N–H and O–H groups in total. The van der Waals surface area contributed by atoms with Crippen molar-refractivity contribution in [2.24, 2.45) is 0 Å². The molecule has 0 spiro atoms. The molecule has 1 aromatic rings. The van der Waals surface area contributed by atoms with Gasteiger partial charge >= 0.3 is 12.2 Å². The number of carbonyl (C=O) groups excluding carboxylic acids is 2. The van der Waals surface area contributed by atoms with Gasteiger partial charge in [0.1, 0.15) is 12.2 Å². The molecule has 1 aliphatic rings. The second kappa shape index (κ2) is 10.1. The summed E-state index contributed by atoms with van der Waals surface area (Å²) in [5.41, 5.74) is 0.386. The zero-order chi connectivity index (χ0) is 19.7. The van der Waals surface area contributed by atoms with Gasteiger partial charge < -0.3 is 29.6 Å². The number of alkyl carbamates (subject to hydrolysis) is 2. The molecule has 0 aromatic heterocycles. The lowest BCUT2D eigenvalue weighted by atomic mass is 10.2. The number of hydrogen-bond donors (Lipinski definition) is 2. The van der Waals surface area contributed by atoms with Crippen LogP contribution in [0.4, 0.5) is 9.59 Å². The topological polar surface area (TPSA) is 95.1 Å². The van der Waals surface area contributed by atoms with Crippen molar-refractivity contribution in [3.63, 3.8) is 0 Å². The lowest BCUT2D eigenvalue weighted by molar-refractivity contribution is -0.190. The van der Waals surface area contributed by atoms with Crippen molar-refractivity contribution in [1.82, 2.24) is 10.6 Å². The van der Waals surface area contributed by atoms with Crippen molar-refractivity contribution in [1.29, 1.82) is 0 Å². The van der Waals surface area contributed by atoms with Crippen LogP contribution in [0.15, 0.2) is 30.3 Å². The fourth-order valence-electron chi connectivity index (χ4n) is 2.33. The first kappa shape index (κ1) is 21.0. The Morgan fingerprint density at radius 1 is 1.11 bits per heavy atom. The van der Waals surface area contributed by atoms with Gasteiger partial charge in [-0.05, 0) is 26.3 Å². The van der Waals surface area contributed by atoms with Crippen LogP contribution in [0.25, 0.3) is 0 Å². The van der Waals surface area contributed by atoms with E-state index in [0.29, 0.717) is 26.2 Å². The zero-order valence-electron chi connectivity index (χ0n) is 16.0. The third-order valence-corrected chi connectivity index (χ3v) is 3.55. The van der Waals surface area contributed by atoms with Gasteiger partial charge in [0.2, 0.25) is 0 Å². The van der Waals surface area contributed by atoms with Crippen LogP contribution in [0.3, 0.4) is 0 Å². The van der Waals surface area contributed by atoms with Crippen LogP contribution in [0.1, 0.15) is 32.8 Å². The Morgan fingerprint density at radius 3 is 2.41 bits per heavy atom. The zero-order valence-corrected chi connectivity index (χ0v) is 16.0. The quantitative estimate of drug-likeness (QED) is 0.788. The van der Waals surface area contributed by atoms with Crippen molar-refractivity contribution >= 4 is 12.2 Å². The van der Waals surface area contributed by atoms with Gasteiger partial charge in [0.15, 0.2) is 6.29 Å². The molecule has 1 aromatic carbocycles. The number of carbonyl (C=O) groups is 2. The third kappa shape index (κ3) is 8.74. The van der Waals surface area contributed by atoms with Crippen LogP contribution in [0.2, 0.25) is 0 Å². The number of rotatable bonds is 6. The van der Waals surface area contributed by atoms with Crippen LogP contribution >= 0.6 is 0 Å². The number of ether oxygens (including phenoxy) is 4. The highest BCUT2D eigenvalue weighted by atomic mass is 16.7. The van der Waals surface area contributed by atoms with E-state index in [1.165, 1.54) is 0 Å². The lowest BCUT2D eigenvalue weighted by Crippen LogP contribution is -2.47. The van der Waals surface area contributed by atoms with Gasteiger partial charge in [-0.15, -0.1) is 0 Å². The van der Waals surface area contributed by atoms with E-state index < -0.39 is 24.1 Å². The molecule has 0 unspecified atom stereocenters. The molecule has 8 heteroatoms. The Hall–Kier alpha value is -2.32. The van der Waals surface area contributed by atoms with E-state index in [0.717, 1.165) is 5.56 Å². The van der Waals surface area contributed by atoms with Gasteiger partial charge in [0.25, 0.3) is 0 Å². The summed E-state index contributed by atoms with van der Waals surface area (Å²) in [6.07, 6.45) is -0.928. The molecule has 1 saturated heterocycles. The molecule has 0 aliphatic carbocycles. The number of amides is 2. The third-order valence-electron chi connectivity index (χ3n) is 3.55. The minimum absolute atomic E-state index is 0.208. The molecule has 2 rings (SSSR count). The van der Waals surface area contributed by atoms with E-state index in [1.807, 2.05) is 30.3 Å². The van der Waals surface area contributed by atoms with Crippen LogP contribution in [0.5, 0.6) is 0 Å². The normalized spacial score (nSPS) is 19.8. The molecule has 0 saturated carbocycles. The monoisotopic (exact) mass is 380 g/mol. The SMILES string of the molecule is CC(C)(C)OC(=O)NCCC1OCC(NC(=O)OCc2ccccc2)CO1. The average Bonchev–Trinajstić information content (AvgIpc) is 2.61. The molecule has 0 bridgehead atoms. The Morgan fingerprint density at radius 2 is 1.78 bits per heavy atom. The van der Waals surface area contributed by atoms with Crippen LogP contribution in [-0.4, -0.2) is 49.9 Å². The maximum absolute atomic E-state index is 11.8. The fraction of sp³-hybridized carbons (Fsp3) is 0.579. The van der Waals surface area contributed by atoms with Crippen LogP contribution in [-0.2, 0) is 25.6 Å². The van der Waals surface area contributed by atoms with E-state index in [-0.39, 0.29) is 12.6 Å². The van der Waals surface area contributed by atoms with E-state index >= 15 is 0 Å². The highest BCUT2D eigenvalue weighted by Crippen LogP contribution is 2.10. The van der Waals surface area contributed by atoms with Crippen molar-refractivity contribution in [3.8, 4) is 0 Å². The standard InChI is InChI=1S/C19H28N2O6/c1-19(2,3)27-17(22)20-10-9-16-24-12-15(13-25-16)21-18(23)26-11-14-7-5-4-6-8-14/h4-8,15-16H,9-13H2,1-3H3,(H,20,22)(H,21,23). The molecular weight excluding hydrogens is 352 g/mol. The summed E-state index contributed by atoms with van der Waals surface area (Å²) < 4.78 is 21.4. The summed E-state index contributed by atoms with van der Waals surface area (Å²) >= 11 is 0. The van der Waals surface area contributed by atoms with Crippen molar-refractivity contribution in [2.45, 2.75) is 51.7 Å². The summed E-state index contributed by atoms with van der Waals surface area (Å²) in [4.78, 5) is 23.4. The summed E-state index contributed by atoms with van der Waals surface area (Å²) in [7, 11) is 0. The van der Waals surface area contributed by atoms with Gasteiger partial charge in [0.05, 0.1) is 19.3 Å². The number of hydrogen-bond acceptors (Lipinski definition) is 6. The first-order valence-electron chi connectivity index (χ1n) is 8.99. The summed E-state index contributed by atoms with van der Waals surface area (Å²) in [6, 6.07) is 9.17. The fourth-order valence-corrected chi connectivity index (χ4v) is 2.33. The number of benzene rings is 1. The van der Waals surface area contributed by atoms with E-state index in [9.17, 15) is 9.59 Å². The highest BCUT2D eigenvalue weighted by Gasteiger charge is 2.24. The predicted octanol–water partition coefficient (Wildman–Crippen LogP) is 2.57. The van der Waals surface area contributed by atoms with E-state index in [2.05, 4.69) is 10.6 Å². The molecule has 2 amide bonds. The largest absolute Gasteiger partial charge is 0.445 e. The summed E-state index contributed by atoms with van der Waals surface area (Å²) in [5, 5.41) is 5.36. The van der Waals surface area contributed by atoms with Gasteiger partial charge in [-0.2, -0.15) is 0 Å². The number of nitrogens with one attached hydrogen (secondary N) is 2. The first-order chi connectivity index (χ1) is 12.8. The molecule has 1 fully saturated rings. The van der Waals surface area contributed by atoms with Crippen molar-refractivity contribution in [2.75, 3.05) is 19.8 Å². The minimum atomic E-state index is -0.532. The molecule has 0 radical (unpaired) electrons. The molecule has 150 valence electrons. The van der Waals surface area contributed by atoms with Crippen molar-refractivity contribution in [3.05, 3.63) is 35.9 Å². The molecule has 1 heterocycles. The molecular formula is C19H28N2O6. The first-order valence-corrected chi connectivity index (χ1v) is 8.99. The Kier molecular flexibility index (Phi) is 7.87. The van der Waals surface area contributed by atoms with Crippen LogP contribution < -0.4 is 10.6 Å². The predicted molar refractivity (Wildman–Crippen MR) is 98.1 cm³/mol. The smallest absolute Gasteiger partial charge is 0.407 e. The Labute approximate surface area is 159 Å². The summed E-state index contributed by atoms with van der Waals surface area (Å²) in [6.45, 7) is 6.62. The van der Waals surface area contributed by atoms with Gasteiger partial charge in [0, 0.05) is 13.0 Å². The van der Waals surface area contributed by atoms with Gasteiger partial charge in [-0.25, -0.2) is 9.59 Å². The second-order valence-electron chi connectivity index (χ2n) is 7.22. The highest BCUT2D eigenvalue weighted by molar-refractivity contribution is 5.68. The lowest BCUT2D eigenvalue weighted by Gasteiger charge is -2.29. The van der Waals surface area contributed by atoms with Crippen LogP contribution in [0, 0.1) is 0 Å². The maximum atomic E-state index is 11.8. The van der Waals surface area contributed by atoms with Gasteiger partial charge in [-0.3, -0.25) is 0 Å². The maximum Gasteiger partial charge on any atom is 0.407 e. The minimum Gasteiger partial charge on any atom is -0.445 e. The average molecular weight is 380 g/mol. The van der Waals surface area contributed by atoms with Gasteiger partial charge in [-0.1, -0.05) is 30.3 Å². The summed E-state index contributed by atoms with van der Waals surface area (Å²) in [5.74, 6) is 0. The molecule has 0 atom stereocenters. The van der Waals surface area contributed by atoms with E-state index in [1.54, 1.807) is 20.8 Å². The van der Waals surface area contributed by atoms with E-state index in [4.69, 9.17) is 18.9 Å². The Bertz CT molecular complexity index is 594. The molecule has 27 heavy (non-hydrogen) atoms. The molecule has 8 nitrogen and oxygen atoms in total. The Balaban J connectivity index is 1.57. The van der Waals surface area contributed by atoms with Crippen molar-refractivity contribution < 1.29 is 28.5 Å². The molecule has 1 aliphatic heterocycles. The second-order valence-corrected chi connectivity index (χ2v) is 7.22.